The Morgan fingerprint density at radius 1 is 1.15 bits per heavy atom. The molecule has 0 bridgehead atoms. The number of H-pyrrole nitrogens is 1. The normalized spacial score (nSPS) is 10.1. The number of fused-ring (bicyclic) bond motifs is 1. The van der Waals surface area contributed by atoms with Crippen LogP contribution >= 0.6 is 0 Å². The number of aromatic nitrogens is 3. The topological polar surface area (TPSA) is 54.7 Å². The van der Waals surface area contributed by atoms with E-state index in [1.54, 1.807) is 0 Å². The van der Waals surface area contributed by atoms with Crippen LogP contribution in [-0.2, 0) is 0 Å². The van der Waals surface area contributed by atoms with E-state index in [1.807, 2.05) is 38.2 Å². The van der Waals surface area contributed by atoms with E-state index < -0.39 is 0 Å². The minimum atomic E-state index is 0. The fourth-order valence-electron chi connectivity index (χ4n) is 1.87. The van der Waals surface area contributed by atoms with Crippen LogP contribution in [0.15, 0.2) is 35.2 Å². The predicted molar refractivity (Wildman–Crippen MR) is 83.8 cm³/mol. The van der Waals surface area contributed by atoms with Crippen molar-refractivity contribution in [1.82, 2.24) is 15.0 Å². The van der Waals surface area contributed by atoms with Crippen LogP contribution in [0.3, 0.4) is 0 Å². The number of hydrogen-bond donors (Lipinski definition) is 1. The van der Waals surface area contributed by atoms with Crippen molar-refractivity contribution in [3.8, 4) is 11.3 Å². The Morgan fingerprint density at radius 3 is 2.55 bits per heavy atom. The molecule has 3 aromatic rings. The summed E-state index contributed by atoms with van der Waals surface area (Å²) in [4.78, 5) is 11.9. The van der Waals surface area contributed by atoms with Crippen molar-refractivity contribution in [2.24, 2.45) is 0 Å². The second-order valence-corrected chi connectivity index (χ2v) is 4.34. The molecule has 0 aliphatic heterocycles. The maximum Gasteiger partial charge on any atom is 0.182 e. The summed E-state index contributed by atoms with van der Waals surface area (Å²) in [7, 11) is 0. The summed E-state index contributed by atoms with van der Waals surface area (Å²) in [5.41, 5.74) is 3.67. The number of para-hydroxylation sites is 1. The zero-order valence-corrected chi connectivity index (χ0v) is 11.8. The highest BCUT2D eigenvalue weighted by atomic mass is 16.3. The summed E-state index contributed by atoms with van der Waals surface area (Å²) >= 11 is 0. The summed E-state index contributed by atoms with van der Waals surface area (Å²) in [6, 6.07) is 5.88. The van der Waals surface area contributed by atoms with Crippen LogP contribution in [0.2, 0.25) is 0 Å². The first-order chi connectivity index (χ1) is 9.25. The van der Waals surface area contributed by atoms with Gasteiger partial charge in [-0.25, -0.2) is 9.97 Å². The summed E-state index contributed by atoms with van der Waals surface area (Å²) in [6.07, 6.45) is 3.31. The number of benzene rings is 1. The molecule has 0 aliphatic carbocycles. The number of imidazole rings is 1. The molecule has 3 rings (SSSR count). The van der Waals surface area contributed by atoms with E-state index in [-0.39, 0.29) is 7.43 Å². The Kier molecular flexibility index (Phi) is 5.50. The molecule has 2 aromatic heterocycles. The van der Waals surface area contributed by atoms with Gasteiger partial charge >= 0.3 is 0 Å². The van der Waals surface area contributed by atoms with Crippen molar-refractivity contribution in [3.05, 3.63) is 36.6 Å². The Hall–Kier alpha value is -2.10. The van der Waals surface area contributed by atoms with Gasteiger partial charge in [0.2, 0.25) is 0 Å². The quantitative estimate of drug-likeness (QED) is 0.714. The zero-order valence-electron chi connectivity index (χ0n) is 11.8. The second kappa shape index (κ2) is 6.89. The highest BCUT2D eigenvalue weighted by Gasteiger charge is 2.10. The Balaban J connectivity index is 0.000000639. The number of nitrogens with one attached hydrogen (secondary N) is 1. The Morgan fingerprint density at radius 2 is 1.90 bits per heavy atom. The van der Waals surface area contributed by atoms with Gasteiger partial charge in [-0.3, -0.25) is 0 Å². The van der Waals surface area contributed by atoms with Crippen LogP contribution in [-0.4, -0.2) is 15.0 Å². The van der Waals surface area contributed by atoms with Gasteiger partial charge in [0.05, 0.1) is 11.9 Å². The van der Waals surface area contributed by atoms with Gasteiger partial charge in [-0.15, -0.1) is 0 Å². The van der Waals surface area contributed by atoms with Crippen LogP contribution in [0, 0.1) is 0 Å². The lowest BCUT2D eigenvalue weighted by Crippen LogP contribution is -1.89. The third-order valence-corrected chi connectivity index (χ3v) is 2.79. The molecule has 4 heteroatoms. The lowest BCUT2D eigenvalue weighted by Gasteiger charge is -2.00. The van der Waals surface area contributed by atoms with E-state index in [0.29, 0.717) is 5.92 Å². The average molecular weight is 273 g/mol. The fourth-order valence-corrected chi connectivity index (χ4v) is 1.87. The SMILES string of the molecule is C.CC.CC(C)c1ncc(-c2cccc3ocnc23)[nH]1. The van der Waals surface area contributed by atoms with E-state index in [1.165, 1.54) is 6.39 Å². The first-order valence-electron chi connectivity index (χ1n) is 6.63. The average Bonchev–Trinajstić information content (AvgIpc) is 3.09. The van der Waals surface area contributed by atoms with Crippen molar-refractivity contribution in [3.63, 3.8) is 0 Å². The zero-order chi connectivity index (χ0) is 13.8. The molecular formula is C16H23N3O. The van der Waals surface area contributed by atoms with Gasteiger partial charge in [0.25, 0.3) is 0 Å². The van der Waals surface area contributed by atoms with Crippen molar-refractivity contribution >= 4 is 11.1 Å². The predicted octanol–water partition coefficient (Wildman–Crippen LogP) is 5.00. The molecule has 20 heavy (non-hydrogen) atoms. The van der Waals surface area contributed by atoms with Crippen LogP contribution in [0.25, 0.3) is 22.4 Å². The molecular weight excluding hydrogens is 250 g/mol. The van der Waals surface area contributed by atoms with E-state index in [2.05, 4.69) is 28.8 Å². The number of oxazole rings is 1. The summed E-state index contributed by atoms with van der Waals surface area (Å²) < 4.78 is 5.29. The van der Waals surface area contributed by atoms with Gasteiger partial charge in [0, 0.05) is 11.5 Å². The number of rotatable bonds is 2. The molecule has 0 saturated heterocycles. The second-order valence-electron chi connectivity index (χ2n) is 4.34. The molecule has 0 spiro atoms. The summed E-state index contributed by atoms with van der Waals surface area (Å²) in [5.74, 6) is 1.38. The molecule has 0 amide bonds. The van der Waals surface area contributed by atoms with Crippen LogP contribution in [0.5, 0.6) is 0 Å². The molecule has 0 aliphatic rings. The van der Waals surface area contributed by atoms with Gasteiger partial charge in [0.1, 0.15) is 11.3 Å². The fraction of sp³-hybridized carbons (Fsp3) is 0.375. The summed E-state index contributed by atoms with van der Waals surface area (Å²) in [6.45, 7) is 8.22. The van der Waals surface area contributed by atoms with Crippen molar-refractivity contribution < 1.29 is 4.42 Å². The molecule has 0 radical (unpaired) electrons. The molecule has 0 fully saturated rings. The molecule has 2 heterocycles. The lowest BCUT2D eigenvalue weighted by molar-refractivity contribution is 0.602. The van der Waals surface area contributed by atoms with Crippen molar-refractivity contribution in [2.45, 2.75) is 41.0 Å². The molecule has 4 nitrogen and oxygen atoms in total. The highest BCUT2D eigenvalue weighted by Crippen LogP contribution is 2.27. The number of nitrogens with zero attached hydrogens (tertiary/aromatic N) is 2. The van der Waals surface area contributed by atoms with Gasteiger partial charge < -0.3 is 9.40 Å². The maximum atomic E-state index is 5.29. The van der Waals surface area contributed by atoms with E-state index in [9.17, 15) is 0 Å². The number of hydrogen-bond acceptors (Lipinski definition) is 3. The summed E-state index contributed by atoms with van der Waals surface area (Å²) in [5, 5.41) is 0. The largest absolute Gasteiger partial charge is 0.443 e. The van der Waals surface area contributed by atoms with E-state index in [4.69, 9.17) is 4.42 Å². The minimum Gasteiger partial charge on any atom is -0.443 e. The Labute approximate surface area is 120 Å². The van der Waals surface area contributed by atoms with E-state index >= 15 is 0 Å². The smallest absolute Gasteiger partial charge is 0.182 e. The van der Waals surface area contributed by atoms with Crippen molar-refractivity contribution in [1.29, 1.82) is 0 Å². The van der Waals surface area contributed by atoms with Gasteiger partial charge in [0.15, 0.2) is 12.0 Å². The molecule has 0 saturated carbocycles. The van der Waals surface area contributed by atoms with Crippen molar-refractivity contribution in [2.75, 3.05) is 0 Å². The third-order valence-electron chi connectivity index (χ3n) is 2.79. The monoisotopic (exact) mass is 273 g/mol. The van der Waals surface area contributed by atoms with Crippen LogP contribution in [0.1, 0.15) is 46.9 Å². The number of aromatic amines is 1. The van der Waals surface area contributed by atoms with E-state index in [0.717, 1.165) is 28.2 Å². The molecule has 0 atom stereocenters. The van der Waals surface area contributed by atoms with Gasteiger partial charge in [-0.2, -0.15) is 0 Å². The molecule has 1 aromatic carbocycles. The van der Waals surface area contributed by atoms with Crippen LogP contribution in [0.4, 0.5) is 0 Å². The van der Waals surface area contributed by atoms with Crippen LogP contribution < -0.4 is 0 Å². The van der Waals surface area contributed by atoms with Gasteiger partial charge in [-0.05, 0) is 6.07 Å². The van der Waals surface area contributed by atoms with Gasteiger partial charge in [-0.1, -0.05) is 47.3 Å². The molecule has 108 valence electrons. The molecule has 1 N–H and O–H groups in total. The highest BCUT2D eigenvalue weighted by molar-refractivity contribution is 5.89. The third kappa shape index (κ3) is 2.90. The maximum absolute atomic E-state index is 5.29. The Bertz CT molecular complexity index is 652. The lowest BCUT2D eigenvalue weighted by atomic mass is 10.1. The standard InChI is InChI=1S/C13H13N3O.C2H6.CH4/c1-8(2)13-14-6-10(16-13)9-4-3-5-11-12(9)15-7-17-11;1-2;/h3-8H,1-2H3,(H,14,16);1-2H3;1H4. The minimum absolute atomic E-state index is 0. The first kappa shape index (κ1) is 16.0. The molecule has 0 unspecified atom stereocenters. The first-order valence-corrected chi connectivity index (χ1v) is 6.63.